The molecule has 0 unspecified atom stereocenters. The minimum absolute atomic E-state index is 0.370. The number of hydrogen-bond donors (Lipinski definition) is 1. The highest BCUT2D eigenvalue weighted by atomic mass is 32.1. The van der Waals surface area contributed by atoms with Crippen LogP contribution in [-0.2, 0) is 6.54 Å². The highest BCUT2D eigenvalue weighted by Crippen LogP contribution is 2.31. The van der Waals surface area contributed by atoms with E-state index in [9.17, 15) is 4.79 Å². The summed E-state index contributed by atoms with van der Waals surface area (Å²) in [5, 5.41) is 3.89. The molecule has 0 atom stereocenters. The maximum atomic E-state index is 11.5. The van der Waals surface area contributed by atoms with Crippen molar-refractivity contribution in [1.82, 2.24) is 19.9 Å². The first-order valence-electron chi connectivity index (χ1n) is 14.5. The van der Waals surface area contributed by atoms with E-state index in [1.165, 1.54) is 35.5 Å². The zero-order chi connectivity index (χ0) is 28.1. The van der Waals surface area contributed by atoms with Crippen LogP contribution in [0.25, 0.3) is 22.5 Å². The molecule has 0 bridgehead atoms. The fraction of sp³-hybridized carbons (Fsp3) is 0.438. The summed E-state index contributed by atoms with van der Waals surface area (Å²) < 4.78 is 4.74. The molecule has 1 N–H and O–H groups in total. The Kier molecular flexibility index (Phi) is 8.94. The molecular weight excluding hydrogens is 518 g/mol. The maximum absolute atomic E-state index is 11.5. The molecule has 1 saturated heterocycles. The Hall–Kier alpha value is -3.52. The van der Waals surface area contributed by atoms with E-state index in [1.54, 1.807) is 0 Å². The lowest BCUT2D eigenvalue weighted by Crippen LogP contribution is -2.37. The first-order chi connectivity index (χ1) is 19.4. The molecule has 5 rings (SSSR count). The van der Waals surface area contributed by atoms with Crippen LogP contribution in [0.4, 0.5) is 0 Å². The van der Waals surface area contributed by atoms with E-state index >= 15 is 0 Å². The van der Waals surface area contributed by atoms with Gasteiger partial charge < -0.3 is 9.80 Å². The van der Waals surface area contributed by atoms with Crippen molar-refractivity contribution in [3.8, 4) is 22.5 Å². The van der Waals surface area contributed by atoms with E-state index in [4.69, 9.17) is 21.7 Å². The molecule has 1 fully saturated rings. The number of aromatic nitrogens is 2. The summed E-state index contributed by atoms with van der Waals surface area (Å²) in [5.41, 5.74) is 6.69. The fourth-order valence-corrected chi connectivity index (χ4v) is 5.99. The van der Waals surface area contributed by atoms with Gasteiger partial charge in [0.05, 0.1) is 4.99 Å². The first kappa shape index (κ1) is 28.0. The molecule has 0 aliphatic carbocycles. The molecule has 0 spiro atoms. The van der Waals surface area contributed by atoms with Crippen molar-refractivity contribution in [2.24, 2.45) is 10.9 Å². The van der Waals surface area contributed by atoms with Crippen LogP contribution >= 0.6 is 12.2 Å². The molecule has 2 aliphatic rings. The Labute approximate surface area is 242 Å². The largest absolute Gasteiger partial charge is 0.439 e. The van der Waals surface area contributed by atoms with Gasteiger partial charge in [-0.15, -0.1) is 0 Å². The van der Waals surface area contributed by atoms with E-state index in [2.05, 4.69) is 65.0 Å². The number of aromatic amines is 1. The Morgan fingerprint density at radius 1 is 1.07 bits per heavy atom. The molecule has 2 aliphatic heterocycles. The molecule has 0 amide bonds. The van der Waals surface area contributed by atoms with E-state index in [-0.39, 0.29) is 0 Å². The van der Waals surface area contributed by atoms with Crippen LogP contribution in [-0.4, -0.2) is 50.4 Å². The van der Waals surface area contributed by atoms with Crippen LogP contribution < -0.4 is 5.76 Å². The highest BCUT2D eigenvalue weighted by Gasteiger charge is 2.26. The topological polar surface area (TPSA) is 77.7 Å². The van der Waals surface area contributed by atoms with Gasteiger partial charge in [0.2, 0.25) is 0 Å². The molecule has 7 nitrogen and oxygen atoms in total. The summed E-state index contributed by atoms with van der Waals surface area (Å²) in [5.74, 6) is 1.43. The molecule has 8 heteroatoms. The third kappa shape index (κ3) is 6.44. The Balaban J connectivity index is 1.38. The molecule has 40 heavy (non-hydrogen) atoms. The predicted molar refractivity (Wildman–Crippen MR) is 165 cm³/mol. The van der Waals surface area contributed by atoms with Crippen molar-refractivity contribution >= 4 is 23.0 Å². The fourth-order valence-electron chi connectivity index (χ4n) is 5.63. The third-order valence-electron chi connectivity index (χ3n) is 7.74. The lowest BCUT2D eigenvalue weighted by Gasteiger charge is -2.34. The number of thiocarbonyl (C=S) groups is 1. The van der Waals surface area contributed by atoms with Gasteiger partial charge in [0, 0.05) is 50.3 Å². The summed E-state index contributed by atoms with van der Waals surface area (Å²) in [6.45, 7) is 10.6. The van der Waals surface area contributed by atoms with Gasteiger partial charge in [-0.1, -0.05) is 93.1 Å². The normalized spacial score (nSPS) is 15.8. The first-order valence-corrected chi connectivity index (χ1v) is 14.9. The monoisotopic (exact) mass is 557 g/mol. The van der Waals surface area contributed by atoms with Crippen molar-refractivity contribution < 1.29 is 4.52 Å². The van der Waals surface area contributed by atoms with Gasteiger partial charge in [-0.05, 0) is 47.4 Å². The Morgan fingerprint density at radius 2 is 1.80 bits per heavy atom. The van der Waals surface area contributed by atoms with Crippen LogP contribution in [0.5, 0.6) is 0 Å². The smallest absolute Gasteiger partial charge is 0.366 e. The molecule has 0 radical (unpaired) electrons. The number of aliphatic imine (C=N–C) groups is 1. The summed E-state index contributed by atoms with van der Waals surface area (Å²) in [7, 11) is 0. The maximum Gasteiger partial charge on any atom is 0.439 e. The van der Waals surface area contributed by atoms with Crippen LogP contribution in [0.1, 0.15) is 64.9 Å². The van der Waals surface area contributed by atoms with Gasteiger partial charge in [0.1, 0.15) is 5.84 Å². The average Bonchev–Trinajstić information content (AvgIpc) is 3.65. The van der Waals surface area contributed by atoms with Crippen LogP contribution in [0, 0.1) is 5.92 Å². The van der Waals surface area contributed by atoms with Crippen LogP contribution in [0.3, 0.4) is 0 Å². The number of allylic oxidation sites excluding steroid dienone is 1. The minimum atomic E-state index is -0.558. The van der Waals surface area contributed by atoms with Gasteiger partial charge >= 0.3 is 5.76 Å². The Bertz CT molecular complexity index is 1440. The van der Waals surface area contributed by atoms with Crippen molar-refractivity contribution in [2.75, 3.05) is 19.6 Å². The highest BCUT2D eigenvalue weighted by molar-refractivity contribution is 7.80. The Morgan fingerprint density at radius 3 is 2.45 bits per heavy atom. The standard InChI is InChI=1S/C32H39N5O2S/c1-4-5-12-28-33-30(22(2)3)25(19-29(40)36-17-8-9-18-36)21-37(28)20-23-13-15-24(16-14-23)26-10-6-7-11-27(26)31-34-32(38)39-35-31/h6-7,10-11,13-16,22H,4-5,8-9,12,17-21H2,1-3H3,(H,34,35,38). The predicted octanol–water partition coefficient (Wildman–Crippen LogP) is 6.82. The number of nitrogens with zero attached hydrogens (tertiary/aromatic N) is 4. The van der Waals surface area contributed by atoms with Gasteiger partial charge in [0.25, 0.3) is 0 Å². The summed E-state index contributed by atoms with van der Waals surface area (Å²) in [4.78, 5) is 25.4. The van der Waals surface area contributed by atoms with Gasteiger partial charge in [0.15, 0.2) is 5.82 Å². The molecule has 3 heterocycles. The van der Waals surface area contributed by atoms with Gasteiger partial charge in [-0.2, -0.15) is 0 Å². The second-order valence-corrected chi connectivity index (χ2v) is 11.6. The second kappa shape index (κ2) is 12.8. The molecule has 1 aromatic heterocycles. The second-order valence-electron chi connectivity index (χ2n) is 11.1. The van der Waals surface area contributed by atoms with E-state index in [1.807, 2.05) is 24.3 Å². The van der Waals surface area contributed by atoms with E-state index < -0.39 is 5.76 Å². The third-order valence-corrected chi connectivity index (χ3v) is 8.15. The lowest BCUT2D eigenvalue weighted by atomic mass is 9.97. The van der Waals surface area contributed by atoms with Gasteiger partial charge in [-0.3, -0.25) is 9.51 Å². The number of hydrogen-bond acceptors (Lipinski definition) is 6. The number of benzene rings is 2. The van der Waals surface area contributed by atoms with Gasteiger partial charge in [-0.25, -0.2) is 9.79 Å². The number of likely N-dealkylation sites (tertiary alicyclic amines) is 1. The van der Waals surface area contributed by atoms with Crippen molar-refractivity contribution in [3.63, 3.8) is 0 Å². The molecule has 3 aromatic rings. The molecule has 210 valence electrons. The lowest BCUT2D eigenvalue weighted by molar-refractivity contribution is 0.388. The summed E-state index contributed by atoms with van der Waals surface area (Å²) >= 11 is 5.90. The zero-order valence-electron chi connectivity index (χ0n) is 23.8. The number of unbranched alkanes of at least 4 members (excludes halogenated alkanes) is 1. The molecule has 2 aromatic carbocycles. The van der Waals surface area contributed by atoms with E-state index in [0.717, 1.165) is 73.5 Å². The minimum Gasteiger partial charge on any atom is -0.366 e. The van der Waals surface area contributed by atoms with Crippen molar-refractivity contribution in [1.29, 1.82) is 0 Å². The van der Waals surface area contributed by atoms with Crippen molar-refractivity contribution in [3.05, 3.63) is 75.9 Å². The number of nitrogens with one attached hydrogen (secondary N) is 1. The van der Waals surface area contributed by atoms with Crippen LogP contribution in [0.15, 0.2) is 74.1 Å². The number of rotatable bonds is 10. The average molecular weight is 558 g/mol. The quantitative estimate of drug-likeness (QED) is 0.276. The number of amidine groups is 1. The van der Waals surface area contributed by atoms with Crippen molar-refractivity contribution in [2.45, 2.75) is 65.8 Å². The van der Waals surface area contributed by atoms with E-state index in [0.29, 0.717) is 11.7 Å². The summed E-state index contributed by atoms with van der Waals surface area (Å²) in [6.07, 6.45) is 6.55. The van der Waals surface area contributed by atoms with Crippen LogP contribution in [0.2, 0.25) is 0 Å². The molecule has 0 saturated carbocycles. The number of H-pyrrole nitrogens is 1. The zero-order valence-corrected chi connectivity index (χ0v) is 24.6. The molecular formula is C32H39N5O2S. The SMILES string of the molecule is CCCCC1=NC(C(C)C)=C(CC(=S)N2CCCC2)CN1Cc1ccc(-c2ccccc2-c2noc(=O)[nH]2)cc1. The summed E-state index contributed by atoms with van der Waals surface area (Å²) in [6, 6.07) is 16.5.